The van der Waals surface area contributed by atoms with Gasteiger partial charge in [-0.2, -0.15) is 0 Å². The van der Waals surface area contributed by atoms with Gasteiger partial charge >= 0.3 is 5.69 Å². The number of rotatable bonds is 1. The zero-order valence-electron chi connectivity index (χ0n) is 10.1. The molecule has 0 saturated heterocycles. The maximum atomic E-state index is 11.8. The van der Waals surface area contributed by atoms with Crippen molar-refractivity contribution in [2.75, 3.05) is 0 Å². The highest BCUT2D eigenvalue weighted by molar-refractivity contribution is 5.58. The molecule has 2 aromatic rings. The van der Waals surface area contributed by atoms with Gasteiger partial charge in [0.2, 0.25) is 0 Å². The van der Waals surface area contributed by atoms with Crippen LogP contribution in [0.5, 0.6) is 0 Å². The van der Waals surface area contributed by atoms with Gasteiger partial charge in [-0.1, -0.05) is 30.3 Å². The third kappa shape index (κ3) is 1.58. The van der Waals surface area contributed by atoms with Gasteiger partial charge in [-0.3, -0.25) is 13.9 Å². The van der Waals surface area contributed by atoms with Crippen LogP contribution in [0.3, 0.4) is 0 Å². The van der Waals surface area contributed by atoms with E-state index in [2.05, 4.69) is 0 Å². The quantitative estimate of drug-likeness (QED) is 0.707. The average molecular weight is 217 g/mol. The summed E-state index contributed by atoms with van der Waals surface area (Å²) in [7, 11) is 2.93. The van der Waals surface area contributed by atoms with E-state index < -0.39 is 11.2 Å². The van der Waals surface area contributed by atoms with Gasteiger partial charge in [0.1, 0.15) is 0 Å². The summed E-state index contributed by atoms with van der Waals surface area (Å²) in [6, 6.07) is 8.82. The molecule has 0 radical (unpaired) electrons. The molecule has 4 nitrogen and oxygen atoms in total. The summed E-state index contributed by atoms with van der Waals surface area (Å²) in [4.78, 5) is 23.5. The first kappa shape index (κ1) is 9.15. The maximum absolute atomic E-state index is 11.8. The van der Waals surface area contributed by atoms with Crippen molar-refractivity contribution in [3.63, 3.8) is 0 Å². The van der Waals surface area contributed by atoms with Crippen LogP contribution in [0.2, 0.25) is 0 Å². The first-order valence-electron chi connectivity index (χ1n) is 5.36. The topological polar surface area (TPSA) is 44.0 Å². The average Bonchev–Trinajstić information content (AvgIpc) is 2.36. The Balaban J connectivity index is 2.90. The van der Waals surface area contributed by atoms with Crippen LogP contribution in [0, 0.1) is 0 Å². The van der Waals surface area contributed by atoms with Gasteiger partial charge in [0.05, 0.1) is 7.06 Å². The lowest BCUT2D eigenvalue weighted by Crippen LogP contribution is -2.36. The Morgan fingerprint density at radius 2 is 1.69 bits per heavy atom. The number of aromatic nitrogens is 2. The Morgan fingerprint density at radius 3 is 2.31 bits per heavy atom. The Bertz CT molecular complexity index is 634. The summed E-state index contributed by atoms with van der Waals surface area (Å²) >= 11 is 0. The predicted molar refractivity (Wildman–Crippen MR) is 62.4 cm³/mol. The number of hydrogen-bond acceptors (Lipinski definition) is 2. The molecule has 82 valence electrons. The minimum Gasteiger partial charge on any atom is -0.296 e. The van der Waals surface area contributed by atoms with Crippen LogP contribution < -0.4 is 11.2 Å². The molecule has 0 amide bonds. The molecule has 1 heterocycles. The molecular weight excluding hydrogens is 204 g/mol. The lowest BCUT2D eigenvalue weighted by atomic mass is 10.1. The summed E-state index contributed by atoms with van der Waals surface area (Å²) < 4.78 is 10.1. The normalized spacial score (nSPS) is 11.2. The highest BCUT2D eigenvalue weighted by Gasteiger charge is 2.06. The second-order valence-corrected chi connectivity index (χ2v) is 3.55. The van der Waals surface area contributed by atoms with Crippen molar-refractivity contribution in [1.82, 2.24) is 9.13 Å². The molecule has 0 aliphatic heterocycles. The van der Waals surface area contributed by atoms with Crippen LogP contribution in [0.15, 0.2) is 46.0 Å². The van der Waals surface area contributed by atoms with Gasteiger partial charge in [0.15, 0.2) is 0 Å². The maximum Gasteiger partial charge on any atom is 0.330 e. The molecule has 4 heteroatoms. The van der Waals surface area contributed by atoms with Gasteiger partial charge in [-0.15, -0.1) is 0 Å². The van der Waals surface area contributed by atoms with E-state index in [1.165, 1.54) is 11.6 Å². The number of benzene rings is 1. The van der Waals surface area contributed by atoms with Gasteiger partial charge in [0, 0.05) is 20.1 Å². The van der Waals surface area contributed by atoms with Crippen LogP contribution in [0.25, 0.3) is 11.3 Å². The SMILES string of the molecule is [2H]c1c(-c2ccccc2)n(C)c(=O)n(C)c1=O. The van der Waals surface area contributed by atoms with E-state index in [-0.39, 0.29) is 6.04 Å². The first-order valence-corrected chi connectivity index (χ1v) is 4.86. The Hall–Kier alpha value is -2.10. The van der Waals surface area contributed by atoms with Crippen LogP contribution >= 0.6 is 0 Å². The van der Waals surface area contributed by atoms with E-state index in [0.29, 0.717) is 11.3 Å². The van der Waals surface area contributed by atoms with Crippen molar-refractivity contribution < 1.29 is 1.37 Å². The van der Waals surface area contributed by atoms with Crippen LogP contribution in [0.1, 0.15) is 1.37 Å². The molecule has 1 aromatic heterocycles. The van der Waals surface area contributed by atoms with E-state index in [9.17, 15) is 9.59 Å². The fourth-order valence-corrected chi connectivity index (χ4v) is 1.54. The first-order chi connectivity index (χ1) is 8.04. The van der Waals surface area contributed by atoms with Crippen LogP contribution in [-0.4, -0.2) is 9.13 Å². The zero-order valence-corrected chi connectivity index (χ0v) is 9.10. The summed E-state index contributed by atoms with van der Waals surface area (Å²) in [5.74, 6) is 0. The van der Waals surface area contributed by atoms with E-state index in [1.54, 1.807) is 31.3 Å². The van der Waals surface area contributed by atoms with Gasteiger partial charge in [0.25, 0.3) is 5.56 Å². The largest absolute Gasteiger partial charge is 0.330 e. The molecule has 16 heavy (non-hydrogen) atoms. The standard InChI is InChI=1S/C12H12N2O2/c1-13-10(9-6-4-3-5-7-9)8-11(15)14(2)12(13)16/h3-8H,1-2H3/i8D. The lowest BCUT2D eigenvalue weighted by molar-refractivity contribution is 0.692. The third-order valence-corrected chi connectivity index (χ3v) is 2.49. The van der Waals surface area contributed by atoms with Crippen LogP contribution in [0.4, 0.5) is 0 Å². The zero-order chi connectivity index (χ0) is 12.6. The minimum atomic E-state index is -0.577. The van der Waals surface area contributed by atoms with Crippen molar-refractivity contribution in [1.29, 1.82) is 0 Å². The Labute approximate surface area is 93.8 Å². The Morgan fingerprint density at radius 1 is 1.06 bits per heavy atom. The molecule has 0 unspecified atom stereocenters. The molecule has 0 fully saturated rings. The summed E-state index contributed by atoms with van der Waals surface area (Å²) in [6.07, 6.45) is 0. The van der Waals surface area contributed by atoms with Gasteiger partial charge < -0.3 is 0 Å². The highest BCUT2D eigenvalue weighted by atomic mass is 16.2. The van der Waals surface area contributed by atoms with E-state index >= 15 is 0 Å². The van der Waals surface area contributed by atoms with Crippen molar-refractivity contribution in [2.45, 2.75) is 0 Å². The highest BCUT2D eigenvalue weighted by Crippen LogP contribution is 2.14. The fourth-order valence-electron chi connectivity index (χ4n) is 1.54. The fraction of sp³-hybridized carbons (Fsp3) is 0.167. The molecule has 0 atom stereocenters. The van der Waals surface area contributed by atoms with Gasteiger partial charge in [-0.05, 0) is 5.56 Å². The van der Waals surface area contributed by atoms with Gasteiger partial charge in [-0.25, -0.2) is 4.79 Å². The molecule has 0 bridgehead atoms. The summed E-state index contributed by atoms with van der Waals surface area (Å²) in [5.41, 5.74) is 0.0327. The van der Waals surface area contributed by atoms with Crippen molar-refractivity contribution in [2.24, 2.45) is 14.1 Å². The van der Waals surface area contributed by atoms with Crippen molar-refractivity contribution >= 4 is 0 Å². The molecule has 1 aromatic carbocycles. The molecule has 0 spiro atoms. The second kappa shape index (κ2) is 3.81. The van der Waals surface area contributed by atoms with E-state index in [1.807, 2.05) is 6.07 Å². The van der Waals surface area contributed by atoms with Crippen molar-refractivity contribution in [3.05, 3.63) is 57.2 Å². The van der Waals surface area contributed by atoms with Crippen molar-refractivity contribution in [3.8, 4) is 11.3 Å². The molecule has 0 saturated carbocycles. The minimum absolute atomic E-state index is 0.166. The van der Waals surface area contributed by atoms with E-state index in [0.717, 1.165) is 4.57 Å². The smallest absolute Gasteiger partial charge is 0.296 e. The summed E-state index contributed by atoms with van der Waals surface area (Å²) in [5, 5.41) is 0. The summed E-state index contributed by atoms with van der Waals surface area (Å²) in [6.45, 7) is 0. The predicted octanol–water partition coefficient (Wildman–Crippen LogP) is 0.751. The van der Waals surface area contributed by atoms with E-state index in [4.69, 9.17) is 1.37 Å². The monoisotopic (exact) mass is 217 g/mol. The molecule has 2 rings (SSSR count). The molecular formula is C12H12N2O2. The molecule has 0 aliphatic rings. The number of hydrogen-bond donors (Lipinski definition) is 0. The lowest BCUT2D eigenvalue weighted by Gasteiger charge is -2.08. The number of nitrogens with zero attached hydrogens (tertiary/aromatic N) is 2. The third-order valence-electron chi connectivity index (χ3n) is 2.49. The molecule has 0 N–H and O–H groups in total. The Kier molecular flexibility index (Phi) is 2.18. The second-order valence-electron chi connectivity index (χ2n) is 3.55. The van der Waals surface area contributed by atoms with Crippen LogP contribution in [-0.2, 0) is 14.1 Å². The molecule has 0 aliphatic carbocycles.